The predicted molar refractivity (Wildman–Crippen MR) is 133 cm³/mol. The van der Waals surface area contributed by atoms with Gasteiger partial charge in [0.2, 0.25) is 11.8 Å². The molecule has 8 heteroatoms. The van der Waals surface area contributed by atoms with Crippen molar-refractivity contribution in [3.63, 3.8) is 0 Å². The summed E-state index contributed by atoms with van der Waals surface area (Å²) in [5.41, 5.74) is 2.44. The first kappa shape index (κ1) is 23.8. The molecule has 1 aliphatic rings. The number of amides is 3. The smallest absolute Gasteiger partial charge is 0.251 e. The lowest BCUT2D eigenvalue weighted by Gasteiger charge is -2.37. The number of rotatable bonds is 6. The summed E-state index contributed by atoms with van der Waals surface area (Å²) >= 11 is 5.90. The molecule has 0 radical (unpaired) electrons. The molecule has 3 amide bonds. The van der Waals surface area contributed by atoms with Crippen molar-refractivity contribution in [3.05, 3.63) is 70.9 Å². The molecule has 0 aliphatic carbocycles. The van der Waals surface area contributed by atoms with Gasteiger partial charge in [-0.05, 0) is 41.8 Å². The van der Waals surface area contributed by atoms with Crippen LogP contribution in [0, 0.1) is 5.92 Å². The van der Waals surface area contributed by atoms with Crippen LogP contribution >= 0.6 is 11.6 Å². The molecule has 4 rings (SSSR count). The van der Waals surface area contributed by atoms with Crippen LogP contribution in [0.2, 0.25) is 5.02 Å². The lowest BCUT2D eigenvalue weighted by Crippen LogP contribution is -2.57. The topological polar surface area (TPSA) is 85.5 Å². The molecular weight excluding hydrogens is 452 g/mol. The highest BCUT2D eigenvalue weighted by Crippen LogP contribution is 2.19. The lowest BCUT2D eigenvalue weighted by atomic mass is 10.0. The van der Waals surface area contributed by atoms with E-state index in [2.05, 4.69) is 10.3 Å². The Labute approximate surface area is 204 Å². The van der Waals surface area contributed by atoms with Gasteiger partial charge in [0.1, 0.15) is 6.04 Å². The molecule has 7 nitrogen and oxygen atoms in total. The van der Waals surface area contributed by atoms with E-state index >= 15 is 0 Å². The van der Waals surface area contributed by atoms with Crippen LogP contribution in [-0.4, -0.2) is 64.7 Å². The zero-order valence-electron chi connectivity index (χ0n) is 19.4. The number of carbonyl (C=O) groups is 3. The van der Waals surface area contributed by atoms with Crippen LogP contribution in [0.25, 0.3) is 10.9 Å². The number of benzene rings is 2. The predicted octanol–water partition coefficient (Wildman–Crippen LogP) is 3.49. The molecule has 1 fully saturated rings. The maximum absolute atomic E-state index is 13.2. The van der Waals surface area contributed by atoms with Crippen LogP contribution < -0.4 is 5.32 Å². The fourth-order valence-electron chi connectivity index (χ4n) is 4.26. The maximum Gasteiger partial charge on any atom is 0.251 e. The van der Waals surface area contributed by atoms with Gasteiger partial charge in [0.05, 0.1) is 6.42 Å². The first-order valence-electron chi connectivity index (χ1n) is 11.5. The highest BCUT2D eigenvalue weighted by molar-refractivity contribution is 6.30. The molecule has 1 unspecified atom stereocenters. The number of nitrogens with zero attached hydrogens (tertiary/aromatic N) is 2. The molecule has 2 heterocycles. The van der Waals surface area contributed by atoms with E-state index in [0.29, 0.717) is 43.2 Å². The van der Waals surface area contributed by atoms with Gasteiger partial charge in [-0.1, -0.05) is 43.6 Å². The van der Waals surface area contributed by atoms with E-state index in [1.54, 1.807) is 29.2 Å². The number of hydrogen-bond acceptors (Lipinski definition) is 3. The molecule has 1 aromatic heterocycles. The molecule has 0 spiro atoms. The Morgan fingerprint density at radius 3 is 2.29 bits per heavy atom. The zero-order chi connectivity index (χ0) is 24.2. The number of hydrogen-bond donors (Lipinski definition) is 2. The first-order valence-corrected chi connectivity index (χ1v) is 11.9. The van der Waals surface area contributed by atoms with Crippen molar-refractivity contribution in [1.29, 1.82) is 0 Å². The largest absolute Gasteiger partial charge is 0.361 e. The second-order valence-electron chi connectivity index (χ2n) is 8.94. The minimum absolute atomic E-state index is 0.0494. The molecule has 2 aromatic carbocycles. The standard InChI is InChI=1S/C26H29ClN4O3/c1-17(2)24(29-25(33)18-7-9-20(27)10-8-18)26(34)31-13-11-30(12-14-31)23(32)15-19-16-28-22-6-4-3-5-21(19)22/h3-10,16-17,24,28H,11-15H2,1-2H3,(H,29,33). The number of H-pyrrole nitrogens is 1. The lowest BCUT2D eigenvalue weighted by molar-refractivity contribution is -0.141. The Morgan fingerprint density at radius 1 is 0.971 bits per heavy atom. The highest BCUT2D eigenvalue weighted by atomic mass is 35.5. The van der Waals surface area contributed by atoms with Crippen molar-refractivity contribution in [3.8, 4) is 0 Å². The molecule has 1 aliphatic heterocycles. The van der Waals surface area contributed by atoms with Gasteiger partial charge in [0.25, 0.3) is 5.91 Å². The van der Waals surface area contributed by atoms with E-state index in [1.807, 2.05) is 49.2 Å². The van der Waals surface area contributed by atoms with Gasteiger partial charge in [0, 0.05) is 53.9 Å². The van der Waals surface area contributed by atoms with Crippen LogP contribution in [0.3, 0.4) is 0 Å². The number of fused-ring (bicyclic) bond motifs is 1. The SMILES string of the molecule is CC(C)C(NC(=O)c1ccc(Cl)cc1)C(=O)N1CCN(C(=O)Cc2c[nH]c3ccccc23)CC1. The van der Waals surface area contributed by atoms with Gasteiger partial charge in [-0.25, -0.2) is 0 Å². The second kappa shape index (κ2) is 10.3. The zero-order valence-corrected chi connectivity index (χ0v) is 20.1. The third-order valence-electron chi connectivity index (χ3n) is 6.29. The van der Waals surface area contributed by atoms with Gasteiger partial charge in [-0.3, -0.25) is 14.4 Å². The number of halogens is 1. The van der Waals surface area contributed by atoms with Gasteiger partial charge < -0.3 is 20.1 Å². The Bertz CT molecular complexity index is 1180. The van der Waals surface area contributed by atoms with Crippen molar-refractivity contribution in [1.82, 2.24) is 20.1 Å². The van der Waals surface area contributed by atoms with Gasteiger partial charge in [-0.2, -0.15) is 0 Å². The van der Waals surface area contributed by atoms with E-state index in [1.165, 1.54) is 0 Å². The molecule has 178 valence electrons. The van der Waals surface area contributed by atoms with E-state index in [-0.39, 0.29) is 23.6 Å². The molecule has 1 atom stereocenters. The second-order valence-corrected chi connectivity index (χ2v) is 9.38. The van der Waals surface area contributed by atoms with E-state index in [9.17, 15) is 14.4 Å². The normalized spacial score (nSPS) is 14.9. The summed E-state index contributed by atoms with van der Waals surface area (Å²) in [4.78, 5) is 45.5. The summed E-state index contributed by atoms with van der Waals surface area (Å²) in [6.45, 7) is 5.65. The van der Waals surface area contributed by atoms with Crippen LogP contribution in [0.15, 0.2) is 54.7 Å². The molecule has 1 saturated heterocycles. The van der Waals surface area contributed by atoms with Crippen LogP contribution in [0.1, 0.15) is 29.8 Å². The Morgan fingerprint density at radius 2 is 1.62 bits per heavy atom. The summed E-state index contributed by atoms with van der Waals surface area (Å²) in [5.74, 6) is -0.462. The molecular formula is C26H29ClN4O3. The monoisotopic (exact) mass is 480 g/mol. The molecule has 34 heavy (non-hydrogen) atoms. The van der Waals surface area contributed by atoms with Crippen molar-refractivity contribution >= 4 is 40.2 Å². The number of nitrogens with one attached hydrogen (secondary N) is 2. The Balaban J connectivity index is 1.34. The fourth-order valence-corrected chi connectivity index (χ4v) is 4.39. The fraction of sp³-hybridized carbons (Fsp3) is 0.346. The van der Waals surface area contributed by atoms with E-state index < -0.39 is 6.04 Å². The minimum Gasteiger partial charge on any atom is -0.361 e. The van der Waals surface area contributed by atoms with E-state index in [4.69, 9.17) is 11.6 Å². The summed E-state index contributed by atoms with van der Waals surface area (Å²) in [6.07, 6.45) is 2.21. The molecule has 0 saturated carbocycles. The van der Waals surface area contributed by atoms with Crippen molar-refractivity contribution in [2.75, 3.05) is 26.2 Å². The Kier molecular flexibility index (Phi) is 7.22. The quantitative estimate of drug-likeness (QED) is 0.566. The Hall–Kier alpha value is -3.32. The van der Waals surface area contributed by atoms with Crippen LogP contribution in [-0.2, 0) is 16.0 Å². The summed E-state index contributed by atoms with van der Waals surface area (Å²) < 4.78 is 0. The van der Waals surface area contributed by atoms with Crippen molar-refractivity contribution < 1.29 is 14.4 Å². The van der Waals surface area contributed by atoms with Gasteiger partial charge in [0.15, 0.2) is 0 Å². The summed E-state index contributed by atoms with van der Waals surface area (Å²) in [6, 6.07) is 13.9. The summed E-state index contributed by atoms with van der Waals surface area (Å²) in [7, 11) is 0. The van der Waals surface area contributed by atoms with Crippen molar-refractivity contribution in [2.45, 2.75) is 26.3 Å². The van der Waals surface area contributed by atoms with E-state index in [0.717, 1.165) is 16.5 Å². The number of aromatic nitrogens is 1. The van der Waals surface area contributed by atoms with Crippen LogP contribution in [0.5, 0.6) is 0 Å². The third-order valence-corrected chi connectivity index (χ3v) is 6.54. The molecule has 3 aromatic rings. The minimum atomic E-state index is -0.642. The van der Waals surface area contributed by atoms with Gasteiger partial charge >= 0.3 is 0 Å². The number of para-hydroxylation sites is 1. The van der Waals surface area contributed by atoms with Gasteiger partial charge in [-0.15, -0.1) is 0 Å². The highest BCUT2D eigenvalue weighted by Gasteiger charge is 2.32. The number of aromatic amines is 1. The average molecular weight is 481 g/mol. The first-order chi connectivity index (χ1) is 16.3. The van der Waals surface area contributed by atoms with Crippen molar-refractivity contribution in [2.24, 2.45) is 5.92 Å². The maximum atomic E-state index is 13.2. The number of piperazine rings is 1. The third kappa shape index (κ3) is 5.25. The summed E-state index contributed by atoms with van der Waals surface area (Å²) in [5, 5.41) is 4.48. The number of carbonyl (C=O) groups excluding carboxylic acids is 3. The average Bonchev–Trinajstić information content (AvgIpc) is 3.25. The molecule has 2 N–H and O–H groups in total. The molecule has 0 bridgehead atoms. The van der Waals surface area contributed by atoms with Crippen LogP contribution in [0.4, 0.5) is 0 Å².